The van der Waals surface area contributed by atoms with Crippen molar-refractivity contribution in [1.29, 1.82) is 0 Å². The van der Waals surface area contributed by atoms with Crippen molar-refractivity contribution in [3.05, 3.63) is 16.0 Å². The molecule has 1 unspecified atom stereocenters. The van der Waals surface area contributed by atoms with Crippen LogP contribution in [0.2, 0.25) is 0 Å². The van der Waals surface area contributed by atoms with Crippen molar-refractivity contribution in [2.75, 3.05) is 19.4 Å². The molecule has 2 N–H and O–H groups in total. The Morgan fingerprint density at radius 3 is 2.56 bits per heavy atom. The molecule has 0 saturated carbocycles. The van der Waals surface area contributed by atoms with Gasteiger partial charge in [0.05, 0.1) is 12.2 Å². The first-order chi connectivity index (χ1) is 11.5. The summed E-state index contributed by atoms with van der Waals surface area (Å²) < 4.78 is 10.6. The van der Waals surface area contributed by atoms with Gasteiger partial charge in [0.1, 0.15) is 10.6 Å². The van der Waals surface area contributed by atoms with Gasteiger partial charge >= 0.3 is 12.1 Å². The lowest BCUT2D eigenvalue weighted by molar-refractivity contribution is 0.00559. The molecule has 0 radical (unpaired) electrons. The van der Waals surface area contributed by atoms with Crippen molar-refractivity contribution in [1.82, 2.24) is 4.90 Å². The summed E-state index contributed by atoms with van der Waals surface area (Å²) in [6, 6.07) is 0. The van der Waals surface area contributed by atoms with E-state index in [2.05, 4.69) is 0 Å². The number of likely N-dealkylation sites (N-methyl/N-ethyl adjacent to an activating group) is 1. The molecule has 0 fully saturated rings. The topological polar surface area (TPSA) is 81.9 Å². The van der Waals surface area contributed by atoms with E-state index in [0.717, 1.165) is 16.9 Å². The smallest absolute Gasteiger partial charge is 0.410 e. The summed E-state index contributed by atoms with van der Waals surface area (Å²) in [4.78, 5) is 27.3. The quantitative estimate of drug-likeness (QED) is 0.824. The Morgan fingerprint density at radius 1 is 1.36 bits per heavy atom. The third kappa shape index (κ3) is 4.08. The van der Waals surface area contributed by atoms with Crippen LogP contribution in [0.25, 0.3) is 0 Å². The Balaban J connectivity index is 2.24. The van der Waals surface area contributed by atoms with Crippen LogP contribution in [0.1, 0.15) is 61.8 Å². The number of rotatable bonds is 3. The Labute approximate surface area is 153 Å². The number of nitrogens with two attached hydrogens (primary N) is 1. The van der Waals surface area contributed by atoms with Gasteiger partial charge < -0.3 is 20.1 Å². The van der Waals surface area contributed by atoms with Gasteiger partial charge in [0.25, 0.3) is 0 Å². The van der Waals surface area contributed by atoms with Gasteiger partial charge in [-0.15, -0.1) is 11.3 Å². The predicted octanol–water partition coefficient (Wildman–Crippen LogP) is 3.62. The van der Waals surface area contributed by atoms with Crippen molar-refractivity contribution in [2.24, 2.45) is 0 Å². The monoisotopic (exact) mass is 368 g/mol. The maximum atomic E-state index is 12.4. The van der Waals surface area contributed by atoms with E-state index in [1.807, 2.05) is 27.7 Å². The Bertz CT molecular complexity index is 677. The molecule has 1 aromatic rings. The summed E-state index contributed by atoms with van der Waals surface area (Å²) in [5.74, 6) is -0.360. The van der Waals surface area contributed by atoms with Gasteiger partial charge in [0.15, 0.2) is 0 Å². The molecule has 7 heteroatoms. The first-order valence-corrected chi connectivity index (χ1v) is 9.34. The van der Waals surface area contributed by atoms with Gasteiger partial charge in [0.2, 0.25) is 0 Å². The molecule has 0 aromatic carbocycles. The molecule has 0 bridgehead atoms. The summed E-state index contributed by atoms with van der Waals surface area (Å²) in [5.41, 5.74) is 6.63. The second kappa shape index (κ2) is 6.86. The average Bonchev–Trinajstić information content (AvgIpc) is 2.79. The van der Waals surface area contributed by atoms with Crippen LogP contribution in [-0.4, -0.2) is 41.8 Å². The highest BCUT2D eigenvalue weighted by atomic mass is 32.1. The SMILES string of the molecule is CCOC(=O)c1c(N)sc2c1CCC(C)(N(C)C(=O)OC(C)(C)C)C2. The standard InChI is InChI=1S/C18H28N2O4S/c1-7-23-15(21)13-11-8-9-18(5,10-12(11)25-14(13)19)20(6)16(22)24-17(2,3)4/h7-10,19H2,1-6H3. The van der Waals surface area contributed by atoms with Gasteiger partial charge in [-0.3, -0.25) is 0 Å². The summed E-state index contributed by atoms with van der Waals surface area (Å²) in [7, 11) is 1.77. The van der Waals surface area contributed by atoms with Gasteiger partial charge in [-0.2, -0.15) is 0 Å². The number of fused-ring (bicyclic) bond motifs is 1. The number of thiophene rings is 1. The van der Waals surface area contributed by atoms with Crippen LogP contribution in [-0.2, 0) is 22.3 Å². The van der Waals surface area contributed by atoms with E-state index < -0.39 is 5.60 Å². The van der Waals surface area contributed by atoms with Crippen LogP contribution in [0.15, 0.2) is 0 Å². The highest BCUT2D eigenvalue weighted by molar-refractivity contribution is 7.16. The number of carbonyl (C=O) groups excluding carboxylic acids is 2. The Morgan fingerprint density at radius 2 is 2.00 bits per heavy atom. The molecule has 0 spiro atoms. The van der Waals surface area contributed by atoms with Crippen molar-refractivity contribution < 1.29 is 19.1 Å². The molecule has 2 rings (SSSR count). The largest absolute Gasteiger partial charge is 0.462 e. The summed E-state index contributed by atoms with van der Waals surface area (Å²) in [6.07, 6.45) is 1.72. The lowest BCUT2D eigenvalue weighted by Gasteiger charge is -2.42. The van der Waals surface area contributed by atoms with Gasteiger partial charge in [-0.05, 0) is 53.0 Å². The zero-order chi connectivity index (χ0) is 19.0. The number of anilines is 1. The van der Waals surface area contributed by atoms with E-state index in [0.29, 0.717) is 30.0 Å². The minimum Gasteiger partial charge on any atom is -0.462 e. The van der Waals surface area contributed by atoms with Gasteiger partial charge in [-0.1, -0.05) is 0 Å². The molecule has 6 nitrogen and oxygen atoms in total. The van der Waals surface area contributed by atoms with Crippen LogP contribution in [0.3, 0.4) is 0 Å². The number of nitrogen functional groups attached to an aromatic ring is 1. The fraction of sp³-hybridized carbons (Fsp3) is 0.667. The molecule has 1 aromatic heterocycles. The zero-order valence-corrected chi connectivity index (χ0v) is 16.7. The molecule has 1 atom stereocenters. The number of ether oxygens (including phenoxy) is 2. The van der Waals surface area contributed by atoms with Crippen molar-refractivity contribution >= 4 is 28.4 Å². The number of nitrogens with zero attached hydrogens (tertiary/aromatic N) is 1. The maximum absolute atomic E-state index is 12.4. The van der Waals surface area contributed by atoms with Crippen LogP contribution in [0.4, 0.5) is 9.80 Å². The van der Waals surface area contributed by atoms with E-state index >= 15 is 0 Å². The molecule has 1 aliphatic carbocycles. The minimum atomic E-state index is -0.536. The third-order valence-corrected chi connectivity index (χ3v) is 5.59. The third-order valence-electron chi connectivity index (χ3n) is 4.53. The van der Waals surface area contributed by atoms with Crippen LogP contribution >= 0.6 is 11.3 Å². The first kappa shape index (κ1) is 19.6. The van der Waals surface area contributed by atoms with Crippen molar-refractivity contribution in [3.63, 3.8) is 0 Å². The van der Waals surface area contributed by atoms with Crippen molar-refractivity contribution in [2.45, 2.75) is 65.0 Å². The number of esters is 1. The fourth-order valence-corrected chi connectivity index (χ4v) is 4.32. The van der Waals surface area contributed by atoms with E-state index in [1.54, 1.807) is 18.9 Å². The molecule has 0 saturated heterocycles. The van der Waals surface area contributed by atoms with Crippen LogP contribution < -0.4 is 5.73 Å². The molecule has 1 aliphatic rings. The Hall–Kier alpha value is -1.76. The van der Waals surface area contributed by atoms with E-state index in [-0.39, 0.29) is 17.6 Å². The summed E-state index contributed by atoms with van der Waals surface area (Å²) in [6.45, 7) is 9.70. The maximum Gasteiger partial charge on any atom is 0.410 e. The highest BCUT2D eigenvalue weighted by Crippen LogP contribution is 2.41. The molecule has 0 aliphatic heterocycles. The van der Waals surface area contributed by atoms with E-state index in [9.17, 15) is 9.59 Å². The van der Waals surface area contributed by atoms with Crippen LogP contribution in [0, 0.1) is 0 Å². The summed E-state index contributed by atoms with van der Waals surface area (Å²) >= 11 is 1.41. The number of carbonyl (C=O) groups is 2. The second-order valence-electron chi connectivity index (χ2n) is 7.68. The molecular formula is C18H28N2O4S. The zero-order valence-electron chi connectivity index (χ0n) is 15.9. The van der Waals surface area contributed by atoms with E-state index in [1.165, 1.54) is 11.3 Å². The first-order valence-electron chi connectivity index (χ1n) is 8.52. The van der Waals surface area contributed by atoms with Gasteiger partial charge in [-0.25, -0.2) is 9.59 Å². The molecule has 25 heavy (non-hydrogen) atoms. The van der Waals surface area contributed by atoms with Gasteiger partial charge in [0, 0.05) is 23.9 Å². The number of hydrogen-bond acceptors (Lipinski definition) is 6. The fourth-order valence-electron chi connectivity index (χ4n) is 3.03. The minimum absolute atomic E-state index is 0.321. The highest BCUT2D eigenvalue weighted by Gasteiger charge is 2.40. The lowest BCUT2D eigenvalue weighted by Crippen LogP contribution is -2.52. The molecule has 140 valence electrons. The number of hydrogen-bond donors (Lipinski definition) is 1. The lowest BCUT2D eigenvalue weighted by atomic mass is 9.81. The second-order valence-corrected chi connectivity index (χ2v) is 8.81. The average molecular weight is 368 g/mol. The summed E-state index contributed by atoms with van der Waals surface area (Å²) in [5, 5.41) is 0.493. The Kier molecular flexibility index (Phi) is 5.37. The van der Waals surface area contributed by atoms with Crippen molar-refractivity contribution in [3.8, 4) is 0 Å². The molecular weight excluding hydrogens is 340 g/mol. The normalized spacial score (nSPS) is 19.9. The molecule has 1 amide bonds. The van der Waals surface area contributed by atoms with Crippen LogP contribution in [0.5, 0.6) is 0 Å². The number of amides is 1. The molecule has 1 heterocycles. The predicted molar refractivity (Wildman–Crippen MR) is 99.1 cm³/mol. The van der Waals surface area contributed by atoms with E-state index in [4.69, 9.17) is 15.2 Å².